The molecule has 0 N–H and O–H groups in total. The number of fused-ring (bicyclic) bond motifs is 1. The van der Waals surface area contributed by atoms with Crippen LogP contribution in [0.3, 0.4) is 0 Å². The average molecular weight is 260 g/mol. The summed E-state index contributed by atoms with van der Waals surface area (Å²) in [5, 5.41) is 0. The molecule has 19 heavy (non-hydrogen) atoms. The van der Waals surface area contributed by atoms with Gasteiger partial charge in [-0.25, -0.2) is 8.78 Å². The van der Waals surface area contributed by atoms with Gasteiger partial charge in [-0.3, -0.25) is 0 Å². The molecule has 0 unspecified atom stereocenters. The Labute approximate surface area is 112 Å². The third-order valence-electron chi connectivity index (χ3n) is 2.97. The largest absolute Gasteiger partial charge is 0.423 e. The van der Waals surface area contributed by atoms with Crippen LogP contribution in [0.25, 0.3) is 0 Å². The maximum absolute atomic E-state index is 13.0. The van der Waals surface area contributed by atoms with Gasteiger partial charge in [-0.2, -0.15) is 0 Å². The minimum atomic E-state index is -0.272. The van der Waals surface area contributed by atoms with Crippen molar-refractivity contribution in [2.24, 2.45) is 0 Å². The molecule has 1 nitrogen and oxygen atoms in total. The third kappa shape index (κ3) is 2.84. The molecular formula is C15H15BF2O. The van der Waals surface area contributed by atoms with Crippen molar-refractivity contribution in [2.45, 2.75) is 20.5 Å². The molecular weight excluding hydrogens is 245 g/mol. The lowest BCUT2D eigenvalue weighted by molar-refractivity contribution is 0.336. The van der Waals surface area contributed by atoms with Crippen LogP contribution in [0.5, 0.6) is 0 Å². The van der Waals surface area contributed by atoms with E-state index in [0.29, 0.717) is 6.61 Å². The lowest BCUT2D eigenvalue weighted by atomic mass is 9.56. The summed E-state index contributed by atoms with van der Waals surface area (Å²) in [7, 11) is 0. The lowest BCUT2D eigenvalue weighted by Crippen LogP contribution is -2.41. The first-order chi connectivity index (χ1) is 9.24. The van der Waals surface area contributed by atoms with Crippen molar-refractivity contribution >= 4 is 17.8 Å². The highest BCUT2D eigenvalue weighted by Gasteiger charge is 2.29. The zero-order valence-electron chi connectivity index (χ0n) is 11.0. The molecule has 2 aromatic carbocycles. The van der Waals surface area contributed by atoms with E-state index in [9.17, 15) is 8.78 Å². The van der Waals surface area contributed by atoms with Gasteiger partial charge in [0.25, 0.3) is 0 Å². The molecule has 0 atom stereocenters. The molecule has 2 aromatic rings. The third-order valence-corrected chi connectivity index (χ3v) is 2.97. The molecule has 0 fully saturated rings. The predicted octanol–water partition coefficient (Wildman–Crippen LogP) is 2.63. The summed E-state index contributed by atoms with van der Waals surface area (Å²) < 4.78 is 31.5. The maximum Gasteiger partial charge on any atom is 0.362 e. The van der Waals surface area contributed by atoms with Crippen molar-refractivity contribution in [1.82, 2.24) is 0 Å². The number of hydrogen-bond donors (Lipinski definition) is 0. The summed E-state index contributed by atoms with van der Waals surface area (Å²) >= 11 is 0. The molecule has 0 aliphatic carbocycles. The summed E-state index contributed by atoms with van der Waals surface area (Å²) in [6, 6.07) is 10.8. The van der Waals surface area contributed by atoms with E-state index in [1.165, 1.54) is 24.3 Å². The normalized spacial score (nSPS) is 12.7. The molecule has 98 valence electrons. The van der Waals surface area contributed by atoms with Crippen molar-refractivity contribution in [1.29, 1.82) is 0 Å². The Morgan fingerprint density at radius 1 is 0.947 bits per heavy atom. The van der Waals surface area contributed by atoms with Gasteiger partial charge in [0.05, 0.1) is 6.61 Å². The fourth-order valence-electron chi connectivity index (χ4n) is 2.13. The second kappa shape index (κ2) is 5.98. The molecule has 1 heterocycles. The van der Waals surface area contributed by atoms with Crippen molar-refractivity contribution in [3.8, 4) is 0 Å². The van der Waals surface area contributed by atoms with Crippen LogP contribution in [0, 0.1) is 11.6 Å². The maximum atomic E-state index is 13.0. The van der Waals surface area contributed by atoms with Crippen molar-refractivity contribution in [3.05, 3.63) is 59.7 Å². The smallest absolute Gasteiger partial charge is 0.362 e. The van der Waals surface area contributed by atoms with E-state index >= 15 is 0 Å². The second-order valence-electron chi connectivity index (χ2n) is 4.09. The number of hydrogen-bond acceptors (Lipinski definition) is 1. The van der Waals surface area contributed by atoms with E-state index < -0.39 is 0 Å². The second-order valence-corrected chi connectivity index (χ2v) is 4.09. The van der Waals surface area contributed by atoms with Crippen LogP contribution in [0.2, 0.25) is 0 Å². The highest BCUT2D eigenvalue weighted by molar-refractivity contribution is 6.81. The van der Waals surface area contributed by atoms with E-state index in [2.05, 4.69) is 0 Å². The lowest BCUT2D eigenvalue weighted by Gasteiger charge is -2.06. The van der Waals surface area contributed by atoms with Crippen LogP contribution in [-0.2, 0) is 11.3 Å². The van der Waals surface area contributed by atoms with E-state index in [4.69, 9.17) is 4.65 Å². The number of rotatable bonds is 1. The summed E-state index contributed by atoms with van der Waals surface area (Å²) in [6.45, 7) is 4.18. The monoisotopic (exact) mass is 260 g/mol. The van der Waals surface area contributed by atoms with E-state index in [1.54, 1.807) is 18.2 Å². The Balaban J connectivity index is 0.000000637. The van der Waals surface area contributed by atoms with E-state index in [-0.39, 0.29) is 18.6 Å². The van der Waals surface area contributed by atoms with Gasteiger partial charge in [0, 0.05) is 0 Å². The van der Waals surface area contributed by atoms with Crippen molar-refractivity contribution in [3.63, 3.8) is 0 Å². The molecule has 0 bridgehead atoms. The molecule has 1 aliphatic heterocycles. The summed E-state index contributed by atoms with van der Waals surface area (Å²) in [5.41, 5.74) is 2.70. The van der Waals surface area contributed by atoms with Crippen LogP contribution in [0.4, 0.5) is 8.78 Å². The quantitative estimate of drug-likeness (QED) is 0.716. The summed E-state index contributed by atoms with van der Waals surface area (Å²) in [4.78, 5) is 0. The van der Waals surface area contributed by atoms with Gasteiger partial charge in [0.1, 0.15) is 11.6 Å². The Bertz CT molecular complexity index is 555. The fourth-order valence-corrected chi connectivity index (χ4v) is 2.13. The predicted molar refractivity (Wildman–Crippen MR) is 74.0 cm³/mol. The van der Waals surface area contributed by atoms with Crippen LogP contribution < -0.4 is 10.9 Å². The Morgan fingerprint density at radius 3 is 2.26 bits per heavy atom. The van der Waals surface area contributed by atoms with Gasteiger partial charge in [-0.1, -0.05) is 32.0 Å². The van der Waals surface area contributed by atoms with Crippen molar-refractivity contribution in [2.75, 3.05) is 0 Å². The summed E-state index contributed by atoms with van der Waals surface area (Å²) in [5.74, 6) is -0.529. The zero-order chi connectivity index (χ0) is 13.8. The van der Waals surface area contributed by atoms with Crippen LogP contribution in [0.1, 0.15) is 19.4 Å². The molecule has 0 saturated heterocycles. The van der Waals surface area contributed by atoms with Crippen LogP contribution in [-0.4, -0.2) is 6.92 Å². The first kappa shape index (κ1) is 13.7. The Morgan fingerprint density at radius 2 is 1.58 bits per heavy atom. The molecule has 0 radical (unpaired) electrons. The van der Waals surface area contributed by atoms with Crippen molar-refractivity contribution < 1.29 is 13.4 Å². The molecule has 3 rings (SSSR count). The molecule has 0 aromatic heterocycles. The standard InChI is InChI=1S/C13H9BF2O.C2H6/c15-11-3-1-10(2-4-11)14-13-6-5-12(16)7-9(13)8-17-14;1-2/h1-7H,8H2;1-2H3. The highest BCUT2D eigenvalue weighted by Crippen LogP contribution is 2.12. The zero-order valence-corrected chi connectivity index (χ0v) is 11.0. The van der Waals surface area contributed by atoms with Gasteiger partial charge in [-0.05, 0) is 40.8 Å². The highest BCUT2D eigenvalue weighted by atomic mass is 19.1. The van der Waals surface area contributed by atoms with Crippen LogP contribution in [0.15, 0.2) is 42.5 Å². The van der Waals surface area contributed by atoms with Gasteiger partial charge >= 0.3 is 6.92 Å². The van der Waals surface area contributed by atoms with Gasteiger partial charge in [0.2, 0.25) is 0 Å². The van der Waals surface area contributed by atoms with E-state index in [1.807, 2.05) is 13.8 Å². The molecule has 1 aliphatic rings. The minimum Gasteiger partial charge on any atom is -0.423 e. The molecule has 0 saturated carbocycles. The Kier molecular flexibility index (Phi) is 4.33. The molecule has 0 spiro atoms. The minimum absolute atomic E-state index is 0.216. The topological polar surface area (TPSA) is 9.23 Å². The Hall–Kier alpha value is -1.68. The van der Waals surface area contributed by atoms with Crippen LogP contribution >= 0.6 is 0 Å². The van der Waals surface area contributed by atoms with Gasteiger partial charge in [0.15, 0.2) is 0 Å². The number of halogens is 2. The molecule has 4 heteroatoms. The first-order valence-corrected chi connectivity index (χ1v) is 6.39. The molecule has 0 amide bonds. The van der Waals surface area contributed by atoms with E-state index in [0.717, 1.165) is 16.5 Å². The fraction of sp³-hybridized carbons (Fsp3) is 0.200. The average Bonchev–Trinajstić information content (AvgIpc) is 2.85. The van der Waals surface area contributed by atoms with Gasteiger partial charge < -0.3 is 4.65 Å². The number of benzene rings is 2. The SMILES string of the molecule is CC.Fc1ccc(B2OCc3cc(F)ccc32)cc1. The first-order valence-electron chi connectivity index (χ1n) is 6.39. The van der Waals surface area contributed by atoms with Gasteiger partial charge in [-0.15, -0.1) is 0 Å². The summed E-state index contributed by atoms with van der Waals surface area (Å²) in [6.07, 6.45) is 0.